The fourth-order valence-corrected chi connectivity index (χ4v) is 17.8. The molecule has 0 spiro atoms. The normalized spacial score (nSPS) is 55.6. The molecule has 5 aliphatic heterocycles. The van der Waals surface area contributed by atoms with Crippen molar-refractivity contribution >= 4 is 5.97 Å². The van der Waals surface area contributed by atoms with Crippen molar-refractivity contribution in [2.45, 2.75) is 259 Å². The summed E-state index contributed by atoms with van der Waals surface area (Å²) in [6.45, 7) is 11.6. The zero-order valence-corrected chi connectivity index (χ0v) is 51.3. The third-order valence-corrected chi connectivity index (χ3v) is 23.8. The van der Waals surface area contributed by atoms with Crippen LogP contribution in [0.2, 0.25) is 0 Å². The highest BCUT2D eigenvalue weighted by molar-refractivity contribution is 5.75. The zero-order valence-electron chi connectivity index (χ0n) is 51.3. The number of carbonyl (C=O) groups excluding carboxylic acids is 1. The lowest BCUT2D eigenvalue weighted by Crippen LogP contribution is -2.68. The Morgan fingerprint density at radius 3 is 1.88 bits per heavy atom. The Balaban J connectivity index is 0.869. The number of aliphatic hydroxyl groups excluding tert-OH is 15. The molecule has 5 aliphatic carbocycles. The maximum absolute atomic E-state index is 13.2. The quantitative estimate of drug-likeness (QED) is 0.0398. The molecule has 34 atom stereocenters. The highest BCUT2D eigenvalue weighted by atomic mass is 16.8. The van der Waals surface area contributed by atoms with E-state index in [1.54, 1.807) is 0 Å². The van der Waals surface area contributed by atoms with Crippen molar-refractivity contribution in [3.8, 4) is 0 Å². The fourth-order valence-electron chi connectivity index (χ4n) is 17.8. The van der Waals surface area contributed by atoms with Crippen LogP contribution in [0.5, 0.6) is 0 Å². The highest BCUT2D eigenvalue weighted by Gasteiger charge is 2.70. The average molecular weight is 1270 g/mol. The van der Waals surface area contributed by atoms with Crippen LogP contribution in [0.4, 0.5) is 0 Å². The summed E-state index contributed by atoms with van der Waals surface area (Å²) in [4.78, 5) is 13.2. The number of ether oxygens (including phenoxy) is 11. The van der Waals surface area contributed by atoms with Crippen LogP contribution < -0.4 is 0 Å². The third-order valence-electron chi connectivity index (χ3n) is 23.8. The first-order chi connectivity index (χ1) is 41.2. The first-order valence-electron chi connectivity index (χ1n) is 31.2. The molecule has 88 heavy (non-hydrogen) atoms. The van der Waals surface area contributed by atoms with Gasteiger partial charge >= 0.3 is 5.97 Å². The number of allylic oxidation sites excluding steroid dienone is 2. The molecule has 16 N–H and O–H groups in total. The topological polar surface area (TPSA) is 442 Å². The molecule has 0 aromatic carbocycles. The van der Waals surface area contributed by atoms with Gasteiger partial charge in [-0.25, -0.2) is 4.79 Å². The first kappa shape index (κ1) is 69.0. The van der Waals surface area contributed by atoms with Gasteiger partial charge in [0.1, 0.15) is 97.2 Å². The smallest absolute Gasteiger partial charge is 0.337 e. The second kappa shape index (κ2) is 25.4. The molecule has 2 unspecified atom stereocenters. The molecule has 5 heterocycles. The number of hydrogen-bond donors (Lipinski definition) is 16. The minimum atomic E-state index is -2.02. The highest BCUT2D eigenvalue weighted by Crippen LogP contribution is 2.76. The Bertz CT molecular complexity index is 2470. The number of esters is 1. The molecule has 28 nitrogen and oxygen atoms in total. The van der Waals surface area contributed by atoms with Gasteiger partial charge in [0, 0.05) is 10.8 Å². The minimum absolute atomic E-state index is 0.00375. The van der Waals surface area contributed by atoms with Gasteiger partial charge in [0.05, 0.1) is 65.1 Å². The predicted octanol–water partition coefficient (Wildman–Crippen LogP) is -3.95. The van der Waals surface area contributed by atoms with E-state index in [4.69, 9.17) is 52.1 Å². The summed E-state index contributed by atoms with van der Waals surface area (Å²) >= 11 is 0. The van der Waals surface area contributed by atoms with Gasteiger partial charge in [-0.3, -0.25) is 0 Å². The number of fused-ring (bicyclic) bond motifs is 7. The summed E-state index contributed by atoms with van der Waals surface area (Å²) in [5.41, 5.74) is -4.00. The zero-order chi connectivity index (χ0) is 64.3. The van der Waals surface area contributed by atoms with Gasteiger partial charge in [0.2, 0.25) is 0 Å². The van der Waals surface area contributed by atoms with Gasteiger partial charge in [-0.05, 0) is 104 Å². The fraction of sp³-hybridized carbons (Fsp3) is 0.950. The molecular formula is C60H98O28. The van der Waals surface area contributed by atoms with E-state index in [0.29, 0.717) is 38.5 Å². The Morgan fingerprint density at radius 1 is 0.602 bits per heavy atom. The molecule has 28 heteroatoms. The van der Waals surface area contributed by atoms with Crippen LogP contribution >= 0.6 is 0 Å². The third kappa shape index (κ3) is 11.4. The monoisotopic (exact) mass is 1270 g/mol. The van der Waals surface area contributed by atoms with Crippen molar-refractivity contribution < 1.29 is 139 Å². The van der Waals surface area contributed by atoms with Gasteiger partial charge in [0.25, 0.3) is 0 Å². The molecule has 5 saturated heterocycles. The molecule has 10 rings (SSSR count). The lowest BCUT2D eigenvalue weighted by Gasteiger charge is -2.72. The number of aliphatic hydroxyl groups is 16. The number of methoxy groups -OCH3 is 1. The van der Waals surface area contributed by atoms with Crippen molar-refractivity contribution in [1.29, 1.82) is 0 Å². The average Bonchev–Trinajstić information content (AvgIpc) is 0.794. The van der Waals surface area contributed by atoms with Gasteiger partial charge in [0.15, 0.2) is 37.6 Å². The van der Waals surface area contributed by atoms with Gasteiger partial charge in [-0.15, -0.1) is 0 Å². The molecule has 0 radical (unpaired) electrons. The Hall–Kier alpha value is -1.83. The van der Waals surface area contributed by atoms with E-state index < -0.39 is 207 Å². The number of carbonyl (C=O) groups is 1. The van der Waals surface area contributed by atoms with Crippen molar-refractivity contribution in [3.05, 3.63) is 11.6 Å². The maximum atomic E-state index is 13.2. The molecular weight excluding hydrogens is 1170 g/mol. The maximum Gasteiger partial charge on any atom is 0.337 e. The first-order valence-corrected chi connectivity index (χ1v) is 31.2. The summed E-state index contributed by atoms with van der Waals surface area (Å²) in [7, 11) is 1.06. The van der Waals surface area contributed by atoms with Crippen LogP contribution in [0, 0.1) is 50.2 Å². The van der Waals surface area contributed by atoms with E-state index in [0.717, 1.165) is 26.4 Å². The summed E-state index contributed by atoms with van der Waals surface area (Å²) in [6, 6.07) is 0. The second-order valence-corrected chi connectivity index (χ2v) is 29.0. The van der Waals surface area contributed by atoms with Crippen LogP contribution in [0.15, 0.2) is 11.6 Å². The number of rotatable bonds is 16. The molecule has 10 aliphatic rings. The summed E-state index contributed by atoms with van der Waals surface area (Å²) in [5, 5.41) is 175. The molecule has 0 aromatic heterocycles. The SMILES string of the molecule is COC(=O)[C@H]1O[C@@H](O[C@H]2CC[C@@]3(C)C(CC[C@]4(C)C3CC=C3[C@@H]5C[C@@](C)(CO[C@@H]6O[C@H](CO[C@@H]7OC[C@](O)(CO)[C@H]7O)[C@@H](O)[C@H](O)[C@H]6O)C[C@@H](O)[C@]5(C)CC[C@]34C)[C@@]2(C)CO)[C@H](O[C@@H]2O[C@H](CO)[C@H](O)[C@H](O)[C@H]2O[C@@H]2O[C@@H](C)[C@H](O)[C@@H](O)[C@H]2O)[C@@H](O)[C@@H]1O. The van der Waals surface area contributed by atoms with Crippen molar-refractivity contribution in [1.82, 2.24) is 0 Å². The van der Waals surface area contributed by atoms with Crippen LogP contribution in [-0.2, 0) is 56.9 Å². The molecule has 4 saturated carbocycles. The van der Waals surface area contributed by atoms with E-state index in [2.05, 4.69) is 33.8 Å². The Kier molecular flexibility index (Phi) is 19.9. The van der Waals surface area contributed by atoms with E-state index in [1.807, 2.05) is 13.8 Å². The second-order valence-electron chi connectivity index (χ2n) is 29.0. The van der Waals surface area contributed by atoms with Crippen LogP contribution in [0.3, 0.4) is 0 Å². The summed E-state index contributed by atoms with van der Waals surface area (Å²) in [5.74, 6) is -1.29. The predicted molar refractivity (Wildman–Crippen MR) is 296 cm³/mol. The lowest BCUT2D eigenvalue weighted by atomic mass is 9.33. The number of hydrogen-bond acceptors (Lipinski definition) is 28. The Morgan fingerprint density at radius 2 is 1.23 bits per heavy atom. The van der Waals surface area contributed by atoms with Crippen molar-refractivity contribution in [3.63, 3.8) is 0 Å². The van der Waals surface area contributed by atoms with Crippen molar-refractivity contribution in [2.24, 2.45) is 50.2 Å². The summed E-state index contributed by atoms with van der Waals surface area (Å²) < 4.78 is 65.0. The Labute approximate surface area is 511 Å². The van der Waals surface area contributed by atoms with Gasteiger partial charge < -0.3 is 134 Å². The van der Waals surface area contributed by atoms with Gasteiger partial charge in [-0.2, -0.15) is 0 Å². The van der Waals surface area contributed by atoms with Gasteiger partial charge in [-0.1, -0.05) is 53.2 Å². The standard InChI is InChI=1S/C60H98O28/c1-25-34(65)37(68)43(74)50(82-25)87-45-39(70)35(66)28(19-61)83-51(45)88-46-41(72)40(71)44(48(76)78-8)86-52(46)85-33-12-13-56(4)30(57(33,5)21-62)11-14-59(7)31(56)10-9-26-27-17-54(2,18-32(64)55(27,3)15-16-58(26,59)6)23-80-49-42(73)38(69)36(67)29(84-49)20-79-53-47(75)60(77,22-63)24-81-53/h9,25,27-47,49-53,61-75,77H,10-24H2,1-8H3/t25-,27-,28+,29+,30?,31?,32+,33-,34-,35-,36+,37+,38-,39-,40-,41-,42+,43+,44-,45+,46+,47-,49+,50-,51-,52+,53+,54+,55+,56-,57+,58+,59+,60+/m0/s1. The molecule has 9 fully saturated rings. The summed E-state index contributed by atoms with van der Waals surface area (Å²) in [6.07, 6.45) is -30.9. The van der Waals surface area contributed by atoms with Crippen LogP contribution in [0.25, 0.3) is 0 Å². The van der Waals surface area contributed by atoms with E-state index >= 15 is 0 Å². The molecule has 506 valence electrons. The largest absolute Gasteiger partial charge is 0.467 e. The van der Waals surface area contributed by atoms with Crippen molar-refractivity contribution in [2.75, 3.05) is 46.8 Å². The molecule has 0 amide bonds. The minimum Gasteiger partial charge on any atom is -0.467 e. The van der Waals surface area contributed by atoms with E-state index in [1.165, 1.54) is 12.5 Å². The van der Waals surface area contributed by atoms with E-state index in [9.17, 15) is 86.5 Å². The van der Waals surface area contributed by atoms with E-state index in [-0.39, 0.29) is 41.8 Å². The molecule has 0 bridgehead atoms. The van der Waals surface area contributed by atoms with Crippen LogP contribution in [0.1, 0.15) is 106 Å². The lowest BCUT2D eigenvalue weighted by molar-refractivity contribution is -0.396. The van der Waals surface area contributed by atoms with Crippen LogP contribution in [-0.4, -0.2) is 287 Å². The molecule has 0 aromatic rings.